The maximum atomic E-state index is 11.5. The lowest BCUT2D eigenvalue weighted by molar-refractivity contribution is -0.194. The zero-order chi connectivity index (χ0) is 22.2. The zero-order valence-electron chi connectivity index (χ0n) is 16.5. The minimum Gasteiger partial charge on any atom is -0.475 e. The van der Waals surface area contributed by atoms with Crippen molar-refractivity contribution in [3.05, 3.63) is 58.1 Å². The number of hydrogen-bond donors (Lipinski definition) is 4. The van der Waals surface area contributed by atoms with Gasteiger partial charge in [0.2, 0.25) is 0 Å². The van der Waals surface area contributed by atoms with E-state index in [0.29, 0.717) is 18.0 Å². The summed E-state index contributed by atoms with van der Waals surface area (Å²) in [5.41, 5.74) is 2.63. The van der Waals surface area contributed by atoms with Crippen molar-refractivity contribution in [1.29, 1.82) is 0 Å². The first-order valence-electron chi connectivity index (χ1n) is 9.96. The van der Waals surface area contributed by atoms with Crippen molar-refractivity contribution >= 4 is 23.5 Å². The highest BCUT2D eigenvalue weighted by Crippen LogP contribution is 2.43. The van der Waals surface area contributed by atoms with E-state index >= 15 is 0 Å². The second-order valence-electron chi connectivity index (χ2n) is 7.77. The lowest BCUT2D eigenvalue weighted by Crippen LogP contribution is -2.54. The number of rotatable bonds is 6. The number of carboxylic acid groups (broad SMARTS) is 2. The fourth-order valence-corrected chi connectivity index (χ4v) is 4.21. The number of fused-ring (bicyclic) bond motifs is 2. The van der Waals surface area contributed by atoms with Crippen molar-refractivity contribution in [2.24, 2.45) is 0 Å². The summed E-state index contributed by atoms with van der Waals surface area (Å²) in [5, 5.41) is 33.1. The van der Waals surface area contributed by atoms with E-state index in [1.165, 1.54) is 0 Å². The lowest BCUT2D eigenvalue weighted by Gasteiger charge is -2.20. The molecule has 0 saturated heterocycles. The lowest BCUT2D eigenvalue weighted by atomic mass is 10.0. The summed E-state index contributed by atoms with van der Waals surface area (Å²) in [5.74, 6) is -5.99. The molecule has 1 aliphatic heterocycles. The van der Waals surface area contributed by atoms with Crippen molar-refractivity contribution in [1.82, 2.24) is 5.32 Å². The van der Waals surface area contributed by atoms with Gasteiger partial charge in [0.15, 0.2) is 11.5 Å². The highest BCUT2D eigenvalue weighted by molar-refractivity contribution is 6.30. The van der Waals surface area contributed by atoms with Gasteiger partial charge in [0.1, 0.15) is 0 Å². The molecule has 164 valence electrons. The van der Waals surface area contributed by atoms with Crippen LogP contribution in [0.3, 0.4) is 0 Å². The van der Waals surface area contributed by atoms with Gasteiger partial charge in [-0.05, 0) is 66.6 Å². The van der Waals surface area contributed by atoms with Crippen LogP contribution in [-0.4, -0.2) is 45.6 Å². The van der Waals surface area contributed by atoms with Crippen LogP contribution in [0.5, 0.6) is 11.5 Å². The van der Waals surface area contributed by atoms with Gasteiger partial charge in [-0.25, -0.2) is 9.59 Å². The third-order valence-corrected chi connectivity index (χ3v) is 5.87. The Morgan fingerprint density at radius 2 is 1.81 bits per heavy atom. The molecule has 1 aliphatic carbocycles. The Kier molecular flexibility index (Phi) is 5.79. The molecule has 2 aromatic rings. The molecule has 1 heterocycles. The Hall–Kier alpha value is -2.81. The standard InChI is InChI=1S/C22H22ClNO7/c23-15-5-1-4-13(7-15)17(25)11-24-16-6-2-3-12-9-18-19(10-14(12)8-16)31-22(30-18,20(26)27)21(28)29/h1,4-5,7,9-10,16-17,24-25H,2-3,6,8,11H2,(H,26,27)(H,28,29)/t16-,17-/m0/s1. The van der Waals surface area contributed by atoms with E-state index in [-0.39, 0.29) is 17.5 Å². The van der Waals surface area contributed by atoms with E-state index in [1.54, 1.807) is 30.3 Å². The highest BCUT2D eigenvalue weighted by atomic mass is 35.5. The first kappa shape index (κ1) is 21.4. The molecular formula is C22H22ClNO7. The van der Waals surface area contributed by atoms with Crippen molar-refractivity contribution in [3.8, 4) is 11.5 Å². The van der Waals surface area contributed by atoms with Gasteiger partial charge in [0.05, 0.1) is 6.10 Å². The van der Waals surface area contributed by atoms with Crippen LogP contribution in [0.25, 0.3) is 0 Å². The Morgan fingerprint density at radius 1 is 1.13 bits per heavy atom. The third kappa shape index (κ3) is 4.19. The summed E-state index contributed by atoms with van der Waals surface area (Å²) in [6, 6.07) is 10.5. The molecule has 0 unspecified atom stereocenters. The van der Waals surface area contributed by atoms with Gasteiger partial charge in [-0.15, -0.1) is 0 Å². The van der Waals surface area contributed by atoms with E-state index in [0.717, 1.165) is 36.0 Å². The van der Waals surface area contributed by atoms with Crippen molar-refractivity contribution < 1.29 is 34.4 Å². The van der Waals surface area contributed by atoms with Gasteiger partial charge in [-0.2, -0.15) is 0 Å². The van der Waals surface area contributed by atoms with E-state index < -0.39 is 23.8 Å². The van der Waals surface area contributed by atoms with Crippen LogP contribution < -0.4 is 14.8 Å². The van der Waals surface area contributed by atoms with Crippen LogP contribution in [-0.2, 0) is 22.4 Å². The Balaban J connectivity index is 1.48. The summed E-state index contributed by atoms with van der Waals surface area (Å²) >= 11 is 5.99. The average Bonchev–Trinajstić information content (AvgIpc) is 3.00. The summed E-state index contributed by atoms with van der Waals surface area (Å²) < 4.78 is 10.4. The third-order valence-electron chi connectivity index (χ3n) is 5.63. The van der Waals surface area contributed by atoms with Crippen LogP contribution in [0.1, 0.15) is 35.6 Å². The van der Waals surface area contributed by atoms with Gasteiger partial charge in [-0.1, -0.05) is 23.7 Å². The average molecular weight is 448 g/mol. The summed E-state index contributed by atoms with van der Waals surface area (Å²) in [6.45, 7) is 0.353. The molecule has 2 aromatic carbocycles. The minimum atomic E-state index is -2.76. The molecule has 0 radical (unpaired) electrons. The number of hydrogen-bond acceptors (Lipinski definition) is 6. The molecule has 0 spiro atoms. The quantitative estimate of drug-likeness (QED) is 0.393. The van der Waals surface area contributed by atoms with E-state index in [2.05, 4.69) is 5.32 Å². The van der Waals surface area contributed by atoms with Crippen LogP contribution in [0.4, 0.5) is 0 Å². The molecule has 31 heavy (non-hydrogen) atoms. The Morgan fingerprint density at radius 3 is 2.45 bits per heavy atom. The number of carbonyl (C=O) groups is 2. The number of aliphatic hydroxyl groups excluding tert-OH is 1. The van der Waals surface area contributed by atoms with E-state index in [4.69, 9.17) is 21.1 Å². The highest BCUT2D eigenvalue weighted by Gasteiger charge is 2.57. The van der Waals surface area contributed by atoms with Gasteiger partial charge in [-0.3, -0.25) is 0 Å². The second-order valence-corrected chi connectivity index (χ2v) is 8.21. The number of carboxylic acids is 2. The molecule has 9 heteroatoms. The molecule has 2 aliphatic rings. The largest absolute Gasteiger partial charge is 0.475 e. The molecule has 0 fully saturated rings. The molecule has 0 aromatic heterocycles. The number of nitrogens with one attached hydrogen (secondary N) is 1. The molecule has 4 N–H and O–H groups in total. The molecule has 0 bridgehead atoms. The molecule has 0 saturated carbocycles. The van der Waals surface area contributed by atoms with Gasteiger partial charge in [0.25, 0.3) is 0 Å². The SMILES string of the molecule is O=C(O)C1(C(=O)O)Oc2cc3c(cc2O1)C[C@@H](NC[C@H](O)c1cccc(Cl)c1)CCC3. The predicted octanol–water partition coefficient (Wildman–Crippen LogP) is 2.55. The first-order valence-corrected chi connectivity index (χ1v) is 10.3. The smallest absolute Gasteiger partial charge is 0.453 e. The van der Waals surface area contributed by atoms with Crippen molar-refractivity contribution in [2.75, 3.05) is 6.54 Å². The monoisotopic (exact) mass is 447 g/mol. The zero-order valence-corrected chi connectivity index (χ0v) is 17.3. The molecular weight excluding hydrogens is 426 g/mol. The molecule has 0 amide bonds. The topological polar surface area (TPSA) is 125 Å². The first-order chi connectivity index (χ1) is 14.8. The normalized spacial score (nSPS) is 19.9. The fraction of sp³-hybridized carbons (Fsp3) is 0.364. The number of ether oxygens (including phenoxy) is 2. The van der Waals surface area contributed by atoms with Gasteiger partial charge >= 0.3 is 17.7 Å². The molecule has 4 rings (SSSR count). The Bertz CT molecular complexity index is 1010. The van der Waals surface area contributed by atoms with E-state index in [9.17, 15) is 24.9 Å². The van der Waals surface area contributed by atoms with Crippen LogP contribution in [0.2, 0.25) is 5.02 Å². The summed E-state index contributed by atoms with van der Waals surface area (Å²) in [7, 11) is 0. The summed E-state index contributed by atoms with van der Waals surface area (Å²) in [4.78, 5) is 23.0. The maximum Gasteiger partial charge on any atom is 0.453 e. The van der Waals surface area contributed by atoms with Crippen LogP contribution in [0, 0.1) is 0 Å². The number of benzene rings is 2. The number of aliphatic hydroxyl groups is 1. The molecule has 8 nitrogen and oxygen atoms in total. The number of halogens is 1. The maximum absolute atomic E-state index is 11.5. The van der Waals surface area contributed by atoms with Gasteiger partial charge < -0.3 is 30.1 Å². The number of aliphatic carboxylic acids is 2. The molecule has 2 atom stereocenters. The fourth-order valence-electron chi connectivity index (χ4n) is 4.01. The van der Waals surface area contributed by atoms with E-state index in [1.807, 2.05) is 6.07 Å². The van der Waals surface area contributed by atoms with Crippen LogP contribution in [0.15, 0.2) is 36.4 Å². The predicted molar refractivity (Wildman–Crippen MR) is 111 cm³/mol. The minimum absolute atomic E-state index is 0.0826. The second kappa shape index (κ2) is 8.37. The summed E-state index contributed by atoms with van der Waals surface area (Å²) in [6.07, 6.45) is 2.43. The van der Waals surface area contributed by atoms with Crippen molar-refractivity contribution in [3.63, 3.8) is 0 Å². The van der Waals surface area contributed by atoms with Crippen LogP contribution >= 0.6 is 11.6 Å². The Labute approximate surface area is 183 Å². The number of aryl methyl sites for hydroxylation is 1. The van der Waals surface area contributed by atoms with Gasteiger partial charge in [0, 0.05) is 17.6 Å². The van der Waals surface area contributed by atoms with Crippen molar-refractivity contribution in [2.45, 2.75) is 43.6 Å².